The summed E-state index contributed by atoms with van der Waals surface area (Å²) >= 11 is 0. The number of piperidine rings is 1. The second-order valence-electron chi connectivity index (χ2n) is 5.37. The van der Waals surface area contributed by atoms with Crippen LogP contribution in [0.1, 0.15) is 35.2 Å². The maximum atomic E-state index is 11.6. The largest absolute Gasteiger partial charge is 0.465 e. The standard InChI is InChI=1S/C16H24N2O2/c1-17-11-15-8-3-4-9-18(15)12-13-6-5-7-14(10-13)16(19)20-2/h5-7,10,15,17H,3-4,8-9,11-12H2,1-2H3. The lowest BCUT2D eigenvalue weighted by Gasteiger charge is -2.35. The number of carbonyl (C=O) groups is 1. The highest BCUT2D eigenvalue weighted by atomic mass is 16.5. The molecular weight excluding hydrogens is 252 g/mol. The molecule has 0 saturated carbocycles. The number of nitrogens with one attached hydrogen (secondary N) is 1. The molecule has 20 heavy (non-hydrogen) atoms. The summed E-state index contributed by atoms with van der Waals surface area (Å²) in [7, 11) is 3.42. The van der Waals surface area contributed by atoms with Crippen molar-refractivity contribution in [3.63, 3.8) is 0 Å². The Morgan fingerprint density at radius 2 is 2.30 bits per heavy atom. The van der Waals surface area contributed by atoms with Gasteiger partial charge < -0.3 is 10.1 Å². The fraction of sp³-hybridized carbons (Fsp3) is 0.562. The summed E-state index contributed by atoms with van der Waals surface area (Å²) in [5.41, 5.74) is 1.81. The number of methoxy groups -OCH3 is 1. The van der Waals surface area contributed by atoms with Crippen LogP contribution < -0.4 is 5.32 Å². The van der Waals surface area contributed by atoms with Crippen molar-refractivity contribution in [1.29, 1.82) is 0 Å². The minimum absolute atomic E-state index is 0.266. The maximum Gasteiger partial charge on any atom is 0.337 e. The van der Waals surface area contributed by atoms with Crippen LogP contribution in [0, 0.1) is 0 Å². The van der Waals surface area contributed by atoms with Gasteiger partial charge in [0, 0.05) is 19.1 Å². The van der Waals surface area contributed by atoms with E-state index in [2.05, 4.69) is 16.3 Å². The summed E-state index contributed by atoms with van der Waals surface area (Å²) in [6, 6.07) is 8.35. The van der Waals surface area contributed by atoms with Crippen LogP contribution in [0.3, 0.4) is 0 Å². The van der Waals surface area contributed by atoms with Crippen molar-refractivity contribution in [2.75, 3.05) is 27.2 Å². The van der Waals surface area contributed by atoms with E-state index in [0.29, 0.717) is 11.6 Å². The van der Waals surface area contributed by atoms with Gasteiger partial charge in [0.05, 0.1) is 12.7 Å². The molecule has 1 N–H and O–H groups in total. The smallest absolute Gasteiger partial charge is 0.337 e. The molecule has 4 nitrogen and oxygen atoms in total. The molecule has 1 saturated heterocycles. The fourth-order valence-electron chi connectivity index (χ4n) is 2.88. The van der Waals surface area contributed by atoms with Crippen LogP contribution in [0.4, 0.5) is 0 Å². The van der Waals surface area contributed by atoms with Gasteiger partial charge in [0.2, 0.25) is 0 Å². The normalized spacial score (nSPS) is 19.8. The molecule has 4 heteroatoms. The van der Waals surface area contributed by atoms with E-state index in [1.54, 1.807) is 6.07 Å². The Bertz CT molecular complexity index is 446. The Labute approximate surface area is 121 Å². The van der Waals surface area contributed by atoms with Crippen LogP contribution in [-0.4, -0.2) is 44.2 Å². The molecular formula is C16H24N2O2. The lowest BCUT2D eigenvalue weighted by atomic mass is 10.0. The first kappa shape index (κ1) is 15.0. The summed E-state index contributed by atoms with van der Waals surface area (Å²) in [6.07, 6.45) is 3.82. The highest BCUT2D eigenvalue weighted by Crippen LogP contribution is 2.19. The summed E-state index contributed by atoms with van der Waals surface area (Å²) in [5, 5.41) is 3.28. The van der Waals surface area contributed by atoms with Crippen LogP contribution in [0.15, 0.2) is 24.3 Å². The van der Waals surface area contributed by atoms with E-state index in [-0.39, 0.29) is 5.97 Å². The average molecular weight is 276 g/mol. The molecule has 1 aromatic carbocycles. The number of nitrogens with zero attached hydrogens (tertiary/aromatic N) is 1. The van der Waals surface area contributed by atoms with E-state index in [4.69, 9.17) is 4.74 Å². The number of esters is 1. The van der Waals surface area contributed by atoms with E-state index in [9.17, 15) is 4.79 Å². The summed E-state index contributed by atoms with van der Waals surface area (Å²) in [4.78, 5) is 14.1. The first-order valence-corrected chi connectivity index (χ1v) is 7.30. The van der Waals surface area contributed by atoms with E-state index in [0.717, 1.165) is 19.6 Å². The first-order chi connectivity index (χ1) is 9.74. The van der Waals surface area contributed by atoms with E-state index < -0.39 is 0 Å². The molecule has 2 rings (SSSR count). The van der Waals surface area contributed by atoms with E-state index >= 15 is 0 Å². The number of benzene rings is 1. The number of hydrogen-bond acceptors (Lipinski definition) is 4. The molecule has 1 heterocycles. The third-order valence-corrected chi connectivity index (χ3v) is 3.92. The average Bonchev–Trinajstić information content (AvgIpc) is 2.49. The van der Waals surface area contributed by atoms with Crippen LogP contribution in [0.5, 0.6) is 0 Å². The topological polar surface area (TPSA) is 41.6 Å². The van der Waals surface area contributed by atoms with Gasteiger partial charge in [-0.05, 0) is 44.1 Å². The Balaban J connectivity index is 2.06. The zero-order chi connectivity index (χ0) is 14.4. The lowest BCUT2D eigenvalue weighted by Crippen LogP contribution is -2.44. The van der Waals surface area contributed by atoms with Crippen LogP contribution >= 0.6 is 0 Å². The van der Waals surface area contributed by atoms with E-state index in [1.165, 1.54) is 31.9 Å². The number of hydrogen-bond donors (Lipinski definition) is 1. The maximum absolute atomic E-state index is 11.6. The van der Waals surface area contributed by atoms with Gasteiger partial charge in [0.25, 0.3) is 0 Å². The van der Waals surface area contributed by atoms with Crippen molar-refractivity contribution >= 4 is 5.97 Å². The number of ether oxygens (including phenoxy) is 1. The fourth-order valence-corrected chi connectivity index (χ4v) is 2.88. The number of carbonyl (C=O) groups excluding carboxylic acids is 1. The Morgan fingerprint density at radius 3 is 3.05 bits per heavy atom. The predicted octanol–water partition coefficient (Wildman–Crippen LogP) is 2.05. The second-order valence-corrected chi connectivity index (χ2v) is 5.37. The van der Waals surface area contributed by atoms with Crippen molar-refractivity contribution < 1.29 is 9.53 Å². The number of likely N-dealkylation sites (N-methyl/N-ethyl adjacent to an activating group) is 1. The van der Waals surface area contributed by atoms with Crippen molar-refractivity contribution in [2.45, 2.75) is 31.8 Å². The van der Waals surface area contributed by atoms with Gasteiger partial charge in [0.1, 0.15) is 0 Å². The molecule has 1 fully saturated rings. The molecule has 0 bridgehead atoms. The lowest BCUT2D eigenvalue weighted by molar-refractivity contribution is 0.0600. The third-order valence-electron chi connectivity index (χ3n) is 3.92. The van der Waals surface area contributed by atoms with Gasteiger partial charge in [0.15, 0.2) is 0 Å². The molecule has 1 aliphatic heterocycles. The quantitative estimate of drug-likeness (QED) is 0.836. The minimum atomic E-state index is -0.266. The minimum Gasteiger partial charge on any atom is -0.465 e. The van der Waals surface area contributed by atoms with Crippen molar-refractivity contribution in [3.05, 3.63) is 35.4 Å². The molecule has 1 unspecified atom stereocenters. The molecule has 0 aliphatic carbocycles. The summed E-state index contributed by atoms with van der Waals surface area (Å²) in [5.74, 6) is -0.266. The molecule has 0 radical (unpaired) electrons. The SMILES string of the molecule is CNCC1CCCCN1Cc1cccc(C(=O)OC)c1. The van der Waals surface area contributed by atoms with E-state index in [1.807, 2.05) is 19.2 Å². The number of likely N-dealkylation sites (tertiary alicyclic amines) is 1. The van der Waals surface area contributed by atoms with Crippen LogP contribution in [0.25, 0.3) is 0 Å². The van der Waals surface area contributed by atoms with Crippen LogP contribution in [0.2, 0.25) is 0 Å². The van der Waals surface area contributed by atoms with Crippen LogP contribution in [-0.2, 0) is 11.3 Å². The molecule has 110 valence electrons. The van der Waals surface area contributed by atoms with Gasteiger partial charge in [-0.15, -0.1) is 0 Å². The Hall–Kier alpha value is -1.39. The van der Waals surface area contributed by atoms with Gasteiger partial charge in [-0.2, -0.15) is 0 Å². The Morgan fingerprint density at radius 1 is 1.45 bits per heavy atom. The first-order valence-electron chi connectivity index (χ1n) is 7.30. The molecule has 0 spiro atoms. The molecule has 1 aromatic rings. The van der Waals surface area contributed by atoms with Crippen molar-refractivity contribution in [3.8, 4) is 0 Å². The zero-order valence-corrected chi connectivity index (χ0v) is 12.4. The van der Waals surface area contributed by atoms with Gasteiger partial charge in [-0.25, -0.2) is 4.79 Å². The molecule has 0 amide bonds. The zero-order valence-electron chi connectivity index (χ0n) is 12.4. The van der Waals surface area contributed by atoms with Gasteiger partial charge in [-0.1, -0.05) is 18.6 Å². The molecule has 1 atom stereocenters. The summed E-state index contributed by atoms with van der Waals surface area (Å²) in [6.45, 7) is 3.06. The second kappa shape index (κ2) is 7.41. The monoisotopic (exact) mass is 276 g/mol. The molecule has 0 aromatic heterocycles. The molecule has 1 aliphatic rings. The van der Waals surface area contributed by atoms with Crippen molar-refractivity contribution in [1.82, 2.24) is 10.2 Å². The number of rotatable bonds is 5. The Kier molecular flexibility index (Phi) is 5.56. The summed E-state index contributed by atoms with van der Waals surface area (Å²) < 4.78 is 4.78. The highest BCUT2D eigenvalue weighted by molar-refractivity contribution is 5.89. The van der Waals surface area contributed by atoms with Gasteiger partial charge in [-0.3, -0.25) is 4.90 Å². The third kappa shape index (κ3) is 3.81. The predicted molar refractivity (Wildman–Crippen MR) is 79.8 cm³/mol. The van der Waals surface area contributed by atoms with Gasteiger partial charge >= 0.3 is 5.97 Å². The van der Waals surface area contributed by atoms with Crippen molar-refractivity contribution in [2.24, 2.45) is 0 Å². The highest BCUT2D eigenvalue weighted by Gasteiger charge is 2.21.